The Kier molecular flexibility index (Phi) is 6.69. The van der Waals surface area contributed by atoms with Crippen molar-refractivity contribution < 1.29 is 8.83 Å². The summed E-state index contributed by atoms with van der Waals surface area (Å²) in [6, 6.07) is 43.8. The molecular weight excluding hydrogens is 604 g/mol. The molecule has 0 radical (unpaired) electrons. The monoisotopic (exact) mass is 636 g/mol. The van der Waals surface area contributed by atoms with E-state index in [-0.39, 0.29) is 0 Å². The van der Waals surface area contributed by atoms with Crippen LogP contribution in [0.1, 0.15) is 16.7 Å². The molecule has 49 heavy (non-hydrogen) atoms. The van der Waals surface area contributed by atoms with E-state index in [0.717, 1.165) is 83.8 Å². The van der Waals surface area contributed by atoms with Crippen LogP contribution in [0.15, 0.2) is 149 Å². The van der Waals surface area contributed by atoms with Crippen LogP contribution in [0.5, 0.6) is 0 Å². The first-order valence-corrected chi connectivity index (χ1v) is 16.4. The average Bonchev–Trinajstić information content (AvgIpc) is 3.71. The summed E-state index contributed by atoms with van der Waals surface area (Å²) in [6.07, 6.45) is 3.73. The van der Waals surface area contributed by atoms with Crippen LogP contribution in [0.2, 0.25) is 0 Å². The molecule has 6 heteroatoms. The molecule has 0 spiro atoms. The third-order valence-corrected chi connectivity index (χ3v) is 9.26. The van der Waals surface area contributed by atoms with Gasteiger partial charge in [0, 0.05) is 62.3 Å². The van der Waals surface area contributed by atoms with Crippen LogP contribution in [0, 0.1) is 20.8 Å². The number of nitrogens with zero attached hydrogens (tertiary/aromatic N) is 4. The quantitative estimate of drug-likeness (QED) is 0.181. The topological polar surface area (TPSA) is 58.5 Å². The van der Waals surface area contributed by atoms with Gasteiger partial charge in [0.05, 0.1) is 0 Å². The molecule has 0 aliphatic rings. The zero-order valence-electron chi connectivity index (χ0n) is 27.4. The van der Waals surface area contributed by atoms with Crippen molar-refractivity contribution in [2.24, 2.45) is 0 Å². The van der Waals surface area contributed by atoms with E-state index in [9.17, 15) is 0 Å². The minimum absolute atomic E-state index is 0.720. The van der Waals surface area contributed by atoms with E-state index in [0.29, 0.717) is 0 Å². The van der Waals surface area contributed by atoms with Crippen molar-refractivity contribution in [2.75, 3.05) is 9.80 Å². The Hall–Kier alpha value is -6.40. The molecule has 4 heterocycles. The maximum absolute atomic E-state index is 6.82. The summed E-state index contributed by atoms with van der Waals surface area (Å²) in [6.45, 7) is 6.26. The Labute approximate surface area is 283 Å². The number of hydrogen-bond acceptors (Lipinski definition) is 6. The number of benzene rings is 5. The fourth-order valence-electron chi connectivity index (χ4n) is 6.80. The van der Waals surface area contributed by atoms with Gasteiger partial charge in [-0.3, -0.25) is 9.80 Å². The summed E-state index contributed by atoms with van der Waals surface area (Å²) in [4.78, 5) is 14.1. The largest absolute Gasteiger partial charge is 0.452 e. The molecule has 0 aliphatic heterocycles. The van der Waals surface area contributed by atoms with Crippen LogP contribution in [0.3, 0.4) is 0 Å². The molecule has 0 unspecified atom stereocenters. The number of hydrogen-bond donors (Lipinski definition) is 0. The molecule has 0 saturated carbocycles. The minimum Gasteiger partial charge on any atom is -0.452 e. The zero-order valence-corrected chi connectivity index (χ0v) is 27.4. The number of fused-ring (bicyclic) bond motifs is 6. The van der Waals surface area contributed by atoms with Gasteiger partial charge in [0.1, 0.15) is 11.2 Å². The fraction of sp³-hybridized carbons (Fsp3) is 0.0698. The Morgan fingerprint density at radius 2 is 0.796 bits per heavy atom. The second-order valence-electron chi connectivity index (χ2n) is 12.5. The Bertz CT molecular complexity index is 2540. The second-order valence-corrected chi connectivity index (χ2v) is 12.5. The molecule has 236 valence electrons. The summed E-state index contributed by atoms with van der Waals surface area (Å²) in [5, 5.41) is 4.01. The number of aromatic nitrogens is 2. The van der Waals surface area contributed by atoms with Crippen LogP contribution in [0.25, 0.3) is 43.9 Å². The van der Waals surface area contributed by atoms with Crippen molar-refractivity contribution in [3.8, 4) is 0 Å². The lowest BCUT2D eigenvalue weighted by Gasteiger charge is -2.24. The number of anilines is 6. The summed E-state index contributed by atoms with van der Waals surface area (Å²) in [5.41, 5.74) is 10.3. The number of rotatable bonds is 6. The van der Waals surface area contributed by atoms with Crippen molar-refractivity contribution in [3.05, 3.63) is 156 Å². The van der Waals surface area contributed by atoms with Crippen molar-refractivity contribution in [2.45, 2.75) is 20.8 Å². The van der Waals surface area contributed by atoms with E-state index in [1.807, 2.05) is 60.9 Å². The number of pyridine rings is 2. The molecule has 9 aromatic rings. The first kappa shape index (κ1) is 28.8. The molecule has 0 bridgehead atoms. The zero-order chi connectivity index (χ0) is 33.1. The molecule has 4 aromatic heterocycles. The van der Waals surface area contributed by atoms with Gasteiger partial charge in [-0.15, -0.1) is 0 Å². The average molecular weight is 637 g/mol. The number of furan rings is 2. The Morgan fingerprint density at radius 3 is 1.20 bits per heavy atom. The fourth-order valence-corrected chi connectivity index (χ4v) is 6.80. The van der Waals surface area contributed by atoms with Crippen LogP contribution < -0.4 is 9.80 Å². The highest BCUT2D eigenvalue weighted by Gasteiger charge is 2.25. The lowest BCUT2D eigenvalue weighted by atomic mass is 10.0. The van der Waals surface area contributed by atoms with Crippen molar-refractivity contribution >= 4 is 78.3 Å². The SMILES string of the molecule is Cc1ccc(N(c2ccc(C)cc2)c2nccc3c2oc2c(C)c4oc5c(N(c6ccccc6)c6ccccc6)nccc5c4cc23)cc1. The standard InChI is InChI=1S/C43H32N4O2/c1-27-14-18-32(19-15-27)47(33-20-16-28(2)17-21-33)43-41-35(23-25-45-43)37-26-36-34-22-24-44-42(40(34)48-38(36)29(3)39(37)49-41)46(30-10-6-4-7-11-30)31-12-8-5-9-13-31/h4-26H,1-3H3. The summed E-state index contributed by atoms with van der Waals surface area (Å²) < 4.78 is 13.6. The normalized spacial score (nSPS) is 11.6. The van der Waals surface area contributed by atoms with Crippen LogP contribution in [0.4, 0.5) is 34.4 Å². The number of para-hydroxylation sites is 2. The predicted molar refractivity (Wildman–Crippen MR) is 200 cm³/mol. The second kappa shape index (κ2) is 11.4. The predicted octanol–water partition coefficient (Wildman–Crippen LogP) is 12.1. The molecule has 0 N–H and O–H groups in total. The molecule has 9 rings (SSSR count). The van der Waals surface area contributed by atoms with Gasteiger partial charge >= 0.3 is 0 Å². The summed E-state index contributed by atoms with van der Waals surface area (Å²) in [7, 11) is 0. The van der Waals surface area contributed by atoms with Gasteiger partial charge in [0.2, 0.25) is 0 Å². The van der Waals surface area contributed by atoms with Crippen LogP contribution in [-0.4, -0.2) is 9.97 Å². The smallest absolute Gasteiger partial charge is 0.181 e. The molecule has 6 nitrogen and oxygen atoms in total. The van der Waals surface area contributed by atoms with Gasteiger partial charge in [-0.1, -0.05) is 71.8 Å². The summed E-state index contributed by atoms with van der Waals surface area (Å²) in [5.74, 6) is 1.46. The highest BCUT2D eigenvalue weighted by molar-refractivity contribution is 6.19. The van der Waals surface area contributed by atoms with Crippen molar-refractivity contribution in [1.29, 1.82) is 0 Å². The van der Waals surface area contributed by atoms with Crippen molar-refractivity contribution in [1.82, 2.24) is 9.97 Å². The molecule has 0 atom stereocenters. The van der Waals surface area contributed by atoms with Gasteiger partial charge in [0.25, 0.3) is 0 Å². The Balaban J connectivity index is 1.27. The highest BCUT2D eigenvalue weighted by Crippen LogP contribution is 2.46. The summed E-state index contributed by atoms with van der Waals surface area (Å²) >= 11 is 0. The molecule has 0 saturated heterocycles. The van der Waals surface area contributed by atoms with E-state index in [1.54, 1.807) is 0 Å². The van der Waals surface area contributed by atoms with Gasteiger partial charge in [-0.05, 0) is 87.5 Å². The molecular formula is C43H32N4O2. The van der Waals surface area contributed by atoms with Crippen LogP contribution >= 0.6 is 0 Å². The van der Waals surface area contributed by atoms with E-state index in [4.69, 9.17) is 18.8 Å². The van der Waals surface area contributed by atoms with Gasteiger partial charge < -0.3 is 8.83 Å². The molecule has 5 aromatic carbocycles. The van der Waals surface area contributed by atoms with Gasteiger partial charge in [-0.25, -0.2) is 9.97 Å². The van der Waals surface area contributed by atoms with E-state index >= 15 is 0 Å². The lowest BCUT2D eigenvalue weighted by Crippen LogP contribution is -2.11. The first-order valence-electron chi connectivity index (χ1n) is 16.4. The van der Waals surface area contributed by atoms with E-state index < -0.39 is 0 Å². The van der Waals surface area contributed by atoms with Gasteiger partial charge in [-0.2, -0.15) is 0 Å². The Morgan fingerprint density at radius 1 is 0.408 bits per heavy atom. The van der Waals surface area contributed by atoms with Crippen molar-refractivity contribution in [3.63, 3.8) is 0 Å². The third kappa shape index (κ3) is 4.72. The van der Waals surface area contributed by atoms with Gasteiger partial charge in [0.15, 0.2) is 22.8 Å². The van der Waals surface area contributed by atoms with Crippen LogP contribution in [-0.2, 0) is 0 Å². The number of aryl methyl sites for hydroxylation is 3. The van der Waals surface area contributed by atoms with E-state index in [1.165, 1.54) is 11.1 Å². The first-order chi connectivity index (χ1) is 24.0. The molecule has 0 amide bonds. The molecule has 0 fully saturated rings. The maximum atomic E-state index is 6.82. The third-order valence-electron chi connectivity index (χ3n) is 9.26. The molecule has 0 aliphatic carbocycles. The van der Waals surface area contributed by atoms with E-state index in [2.05, 4.69) is 109 Å². The lowest BCUT2D eigenvalue weighted by molar-refractivity contribution is 0.649. The maximum Gasteiger partial charge on any atom is 0.181 e. The minimum atomic E-state index is 0.720. The highest BCUT2D eigenvalue weighted by atomic mass is 16.3.